The Bertz CT molecular complexity index is 1540. The van der Waals surface area contributed by atoms with Crippen LogP contribution in [-0.4, -0.2) is 37.6 Å². The third kappa shape index (κ3) is 6.32. The molecule has 0 unspecified atom stereocenters. The maximum atomic E-state index is 12.5. The Morgan fingerprint density at radius 2 is 1.71 bits per heavy atom. The second kappa shape index (κ2) is 12.0. The molecule has 0 aliphatic rings. The molecule has 8 nitrogen and oxygen atoms in total. The summed E-state index contributed by atoms with van der Waals surface area (Å²) in [5.41, 5.74) is 6.32. The van der Waals surface area contributed by atoms with Gasteiger partial charge in [0.15, 0.2) is 11.0 Å². The Morgan fingerprint density at radius 3 is 2.50 bits per heavy atom. The van der Waals surface area contributed by atoms with Gasteiger partial charge in [0, 0.05) is 23.6 Å². The van der Waals surface area contributed by atoms with Crippen LogP contribution < -0.4 is 10.2 Å². The molecular formula is C29H24N6O2S. The Morgan fingerprint density at radius 1 is 0.947 bits per heavy atom. The van der Waals surface area contributed by atoms with E-state index >= 15 is 0 Å². The van der Waals surface area contributed by atoms with E-state index in [1.54, 1.807) is 18.6 Å². The quantitative estimate of drug-likeness (QED) is 0.153. The van der Waals surface area contributed by atoms with E-state index in [1.165, 1.54) is 11.8 Å². The summed E-state index contributed by atoms with van der Waals surface area (Å²) in [7, 11) is 0. The van der Waals surface area contributed by atoms with Crippen LogP contribution in [0.1, 0.15) is 11.1 Å². The van der Waals surface area contributed by atoms with Crippen molar-refractivity contribution in [3.8, 4) is 28.6 Å². The number of pyridine rings is 1. The van der Waals surface area contributed by atoms with Crippen molar-refractivity contribution in [2.75, 3.05) is 5.75 Å². The predicted molar refractivity (Wildman–Crippen MR) is 149 cm³/mol. The molecule has 0 fully saturated rings. The minimum Gasteiger partial charge on any atom is -0.457 e. The molecule has 1 amide bonds. The van der Waals surface area contributed by atoms with Crippen molar-refractivity contribution < 1.29 is 9.53 Å². The van der Waals surface area contributed by atoms with Crippen LogP contribution in [0.25, 0.3) is 17.1 Å². The summed E-state index contributed by atoms with van der Waals surface area (Å²) < 4.78 is 7.79. The van der Waals surface area contributed by atoms with E-state index in [4.69, 9.17) is 4.74 Å². The number of nitrogens with zero attached hydrogens (tertiary/aromatic N) is 5. The van der Waals surface area contributed by atoms with Crippen LogP contribution in [0.5, 0.6) is 11.5 Å². The zero-order valence-electron chi connectivity index (χ0n) is 20.6. The number of carbonyl (C=O) groups excluding carboxylic acids is 1. The molecule has 0 spiro atoms. The number of aryl methyl sites for hydroxylation is 1. The van der Waals surface area contributed by atoms with E-state index in [9.17, 15) is 4.79 Å². The van der Waals surface area contributed by atoms with Crippen molar-refractivity contribution in [1.29, 1.82) is 0 Å². The SMILES string of the molecule is Cc1ccc(-n2c(SCC(=O)N/N=C\c3cccc(Oc4ccccc4)c3)nnc2-c2ccncc2)cc1. The second-order valence-electron chi connectivity index (χ2n) is 8.28. The fourth-order valence-corrected chi connectivity index (χ4v) is 4.35. The first-order chi connectivity index (χ1) is 18.7. The first-order valence-electron chi connectivity index (χ1n) is 11.9. The number of carbonyl (C=O) groups is 1. The van der Waals surface area contributed by atoms with E-state index in [2.05, 4.69) is 25.7 Å². The molecule has 1 N–H and O–H groups in total. The zero-order chi connectivity index (χ0) is 26.2. The summed E-state index contributed by atoms with van der Waals surface area (Å²) in [6, 6.07) is 28.8. The highest BCUT2D eigenvalue weighted by molar-refractivity contribution is 7.99. The molecule has 38 heavy (non-hydrogen) atoms. The molecule has 2 heterocycles. The molecule has 5 aromatic rings. The molecular weight excluding hydrogens is 496 g/mol. The Kier molecular flexibility index (Phi) is 7.86. The normalized spacial score (nSPS) is 11.0. The first-order valence-corrected chi connectivity index (χ1v) is 12.8. The van der Waals surface area contributed by atoms with Gasteiger partial charge in [-0.25, -0.2) is 5.43 Å². The highest BCUT2D eigenvalue weighted by Gasteiger charge is 2.17. The van der Waals surface area contributed by atoms with Crippen molar-refractivity contribution in [3.63, 3.8) is 0 Å². The molecule has 188 valence electrons. The summed E-state index contributed by atoms with van der Waals surface area (Å²) in [6.07, 6.45) is 5.01. The van der Waals surface area contributed by atoms with Crippen LogP contribution in [0.15, 0.2) is 114 Å². The van der Waals surface area contributed by atoms with Crippen LogP contribution >= 0.6 is 11.8 Å². The second-order valence-corrected chi connectivity index (χ2v) is 9.22. The lowest BCUT2D eigenvalue weighted by molar-refractivity contribution is -0.118. The van der Waals surface area contributed by atoms with Crippen LogP contribution in [0.2, 0.25) is 0 Å². The maximum Gasteiger partial charge on any atom is 0.250 e. The molecule has 0 bridgehead atoms. The van der Waals surface area contributed by atoms with E-state index in [0.717, 1.165) is 28.1 Å². The lowest BCUT2D eigenvalue weighted by Gasteiger charge is -2.10. The minimum absolute atomic E-state index is 0.120. The summed E-state index contributed by atoms with van der Waals surface area (Å²) in [5.74, 6) is 1.97. The number of hydrazone groups is 1. The standard InChI is InChI=1S/C29H24N6O2S/c1-21-10-12-24(13-11-21)35-28(23-14-16-30-17-15-23)33-34-29(35)38-20-27(36)32-31-19-22-6-5-9-26(18-22)37-25-7-3-2-4-8-25/h2-19H,20H2,1H3,(H,32,36)/b31-19-. The average molecular weight is 521 g/mol. The molecule has 9 heteroatoms. The molecule has 0 radical (unpaired) electrons. The molecule has 0 atom stereocenters. The Labute approximate surface area is 224 Å². The third-order valence-corrected chi connectivity index (χ3v) is 6.37. The third-order valence-electron chi connectivity index (χ3n) is 5.44. The molecule has 0 aliphatic heterocycles. The predicted octanol–water partition coefficient (Wildman–Crippen LogP) is 5.67. The van der Waals surface area contributed by atoms with E-state index < -0.39 is 0 Å². The number of benzene rings is 3. The Hall–Kier alpha value is -4.76. The van der Waals surface area contributed by atoms with Gasteiger partial charge in [-0.1, -0.05) is 59.8 Å². The van der Waals surface area contributed by atoms with Gasteiger partial charge in [-0.2, -0.15) is 5.10 Å². The number of rotatable bonds is 9. The molecule has 0 aliphatic carbocycles. The Balaban J connectivity index is 1.24. The van der Waals surface area contributed by atoms with Crippen molar-refractivity contribution >= 4 is 23.9 Å². The van der Waals surface area contributed by atoms with Crippen molar-refractivity contribution in [2.24, 2.45) is 5.10 Å². The smallest absolute Gasteiger partial charge is 0.250 e. The fraction of sp³-hybridized carbons (Fsp3) is 0.0690. The summed E-state index contributed by atoms with van der Waals surface area (Å²) >= 11 is 1.29. The van der Waals surface area contributed by atoms with Gasteiger partial charge in [0.25, 0.3) is 5.91 Å². The highest BCUT2D eigenvalue weighted by Crippen LogP contribution is 2.28. The van der Waals surface area contributed by atoms with Crippen LogP contribution in [0, 0.1) is 6.92 Å². The van der Waals surface area contributed by atoms with Crippen LogP contribution in [0.4, 0.5) is 0 Å². The number of amides is 1. The van der Waals surface area contributed by atoms with E-state index in [-0.39, 0.29) is 11.7 Å². The number of hydrogen-bond donors (Lipinski definition) is 1. The summed E-state index contributed by atoms with van der Waals surface area (Å²) in [4.78, 5) is 16.6. The van der Waals surface area contributed by atoms with Gasteiger partial charge in [-0.3, -0.25) is 14.3 Å². The zero-order valence-corrected chi connectivity index (χ0v) is 21.4. The van der Waals surface area contributed by atoms with Gasteiger partial charge >= 0.3 is 0 Å². The topological polar surface area (TPSA) is 94.3 Å². The van der Waals surface area contributed by atoms with Gasteiger partial charge in [0.05, 0.1) is 12.0 Å². The van der Waals surface area contributed by atoms with Gasteiger partial charge in [0.2, 0.25) is 0 Å². The average Bonchev–Trinajstić information content (AvgIpc) is 3.38. The number of para-hydroxylation sites is 1. The number of hydrogen-bond acceptors (Lipinski definition) is 7. The number of nitrogens with one attached hydrogen (secondary N) is 1. The molecule has 0 saturated heterocycles. The van der Waals surface area contributed by atoms with E-state index in [0.29, 0.717) is 16.7 Å². The van der Waals surface area contributed by atoms with Crippen molar-refractivity contribution in [3.05, 3.63) is 115 Å². The number of thioether (sulfide) groups is 1. The maximum absolute atomic E-state index is 12.5. The monoisotopic (exact) mass is 520 g/mol. The fourth-order valence-electron chi connectivity index (χ4n) is 3.60. The number of aromatic nitrogens is 4. The van der Waals surface area contributed by atoms with Crippen molar-refractivity contribution in [1.82, 2.24) is 25.2 Å². The van der Waals surface area contributed by atoms with Crippen molar-refractivity contribution in [2.45, 2.75) is 12.1 Å². The molecule has 2 aromatic heterocycles. The first kappa shape index (κ1) is 24.9. The minimum atomic E-state index is -0.258. The van der Waals surface area contributed by atoms with Gasteiger partial charge < -0.3 is 4.74 Å². The lowest BCUT2D eigenvalue weighted by Crippen LogP contribution is -2.20. The lowest BCUT2D eigenvalue weighted by atomic mass is 10.2. The van der Waals surface area contributed by atoms with Crippen LogP contribution in [-0.2, 0) is 4.79 Å². The molecule has 5 rings (SSSR count). The van der Waals surface area contributed by atoms with Gasteiger partial charge in [-0.15, -0.1) is 10.2 Å². The number of ether oxygens (including phenoxy) is 1. The summed E-state index contributed by atoms with van der Waals surface area (Å²) in [6.45, 7) is 2.03. The summed E-state index contributed by atoms with van der Waals surface area (Å²) in [5, 5.41) is 13.5. The van der Waals surface area contributed by atoms with Gasteiger partial charge in [-0.05, 0) is 61.0 Å². The largest absolute Gasteiger partial charge is 0.457 e. The highest BCUT2D eigenvalue weighted by atomic mass is 32.2. The van der Waals surface area contributed by atoms with Gasteiger partial charge in [0.1, 0.15) is 11.5 Å². The van der Waals surface area contributed by atoms with Crippen LogP contribution in [0.3, 0.4) is 0 Å². The molecule has 0 saturated carbocycles. The van der Waals surface area contributed by atoms with E-state index in [1.807, 2.05) is 102 Å². The molecule has 3 aromatic carbocycles.